The molecule has 1 saturated heterocycles. The molecule has 2 atom stereocenters. The first-order valence-electron chi connectivity index (χ1n) is 11.4. The van der Waals surface area contributed by atoms with E-state index in [4.69, 9.17) is 4.74 Å². The van der Waals surface area contributed by atoms with Gasteiger partial charge >= 0.3 is 6.09 Å². The van der Waals surface area contributed by atoms with E-state index in [0.717, 1.165) is 6.42 Å². The molecule has 1 fully saturated rings. The number of amides is 3. The maximum absolute atomic E-state index is 13.3. The number of benzene rings is 3. The minimum atomic E-state index is -0.931. The van der Waals surface area contributed by atoms with E-state index in [1.54, 1.807) is 60.7 Å². The predicted molar refractivity (Wildman–Crippen MR) is 129 cm³/mol. The maximum atomic E-state index is 13.3. The number of nitrogens with zero attached hydrogens (tertiary/aromatic N) is 1. The molecule has 0 bridgehead atoms. The molecule has 4 rings (SSSR count). The predicted octanol–water partition coefficient (Wildman–Crippen LogP) is 4.67. The van der Waals surface area contributed by atoms with Crippen LogP contribution in [0.25, 0.3) is 0 Å². The van der Waals surface area contributed by atoms with Crippen molar-refractivity contribution in [3.63, 3.8) is 0 Å². The Hall–Kier alpha value is -4.20. The number of nitrogens with one attached hydrogen (secondary N) is 2. The summed E-state index contributed by atoms with van der Waals surface area (Å²) in [6.45, 7) is 2.47. The number of hydrogen-bond acceptors (Lipinski definition) is 4. The van der Waals surface area contributed by atoms with E-state index >= 15 is 0 Å². The number of rotatable bonds is 8. The zero-order valence-corrected chi connectivity index (χ0v) is 19.2. The average Bonchev–Trinajstić information content (AvgIpc) is 3.20. The summed E-state index contributed by atoms with van der Waals surface area (Å²) in [7, 11) is 0. The highest BCUT2D eigenvalue weighted by atomic mass is 19.1. The fourth-order valence-electron chi connectivity index (χ4n) is 3.94. The number of cyclic esters (lactones) is 1. The maximum Gasteiger partial charge on any atom is 0.411 e. The molecule has 0 radical (unpaired) electrons. The van der Waals surface area contributed by atoms with Crippen molar-refractivity contribution in [3.8, 4) is 0 Å². The van der Waals surface area contributed by atoms with Crippen LogP contribution < -0.4 is 10.6 Å². The third-order valence-electron chi connectivity index (χ3n) is 5.68. The Balaban J connectivity index is 1.59. The van der Waals surface area contributed by atoms with Crippen molar-refractivity contribution in [2.45, 2.75) is 32.0 Å². The van der Waals surface area contributed by atoms with E-state index in [2.05, 4.69) is 10.6 Å². The van der Waals surface area contributed by atoms with Gasteiger partial charge in [-0.1, -0.05) is 49.4 Å². The second-order valence-corrected chi connectivity index (χ2v) is 8.24. The lowest BCUT2D eigenvalue weighted by molar-refractivity contribution is -0.126. The Bertz CT molecular complexity index is 1200. The summed E-state index contributed by atoms with van der Waals surface area (Å²) < 4.78 is 19.0. The van der Waals surface area contributed by atoms with Crippen molar-refractivity contribution in [3.05, 3.63) is 101 Å². The van der Waals surface area contributed by atoms with Crippen LogP contribution in [0.2, 0.25) is 0 Å². The van der Waals surface area contributed by atoms with Crippen LogP contribution in [0.15, 0.2) is 78.9 Å². The van der Waals surface area contributed by atoms with Crippen LogP contribution in [0, 0.1) is 5.82 Å². The monoisotopic (exact) mass is 475 g/mol. The third kappa shape index (κ3) is 5.66. The molecule has 0 unspecified atom stereocenters. The van der Waals surface area contributed by atoms with Crippen LogP contribution in [0.1, 0.15) is 40.9 Å². The Morgan fingerprint density at radius 2 is 1.74 bits per heavy atom. The normalized spacial score (nSPS) is 17.1. The van der Waals surface area contributed by atoms with Gasteiger partial charge in [-0.2, -0.15) is 0 Å². The molecule has 8 heteroatoms. The molecule has 0 aliphatic carbocycles. The summed E-state index contributed by atoms with van der Waals surface area (Å²) in [4.78, 5) is 39.9. The van der Waals surface area contributed by atoms with Crippen LogP contribution in [0.4, 0.5) is 14.9 Å². The van der Waals surface area contributed by atoms with E-state index in [-0.39, 0.29) is 24.2 Å². The summed E-state index contributed by atoms with van der Waals surface area (Å²) in [6, 6.07) is 20.5. The van der Waals surface area contributed by atoms with E-state index < -0.39 is 18.2 Å². The van der Waals surface area contributed by atoms with E-state index in [9.17, 15) is 18.8 Å². The Kier molecular flexibility index (Phi) is 7.40. The SMILES string of the molecule is CCCNC(=O)[C@@H]1[C@H](c2cccc(NC(=O)c3ccccc3)c2)OC(=O)N1Cc1ccc(F)cc1. The van der Waals surface area contributed by atoms with Gasteiger partial charge in [0.2, 0.25) is 5.91 Å². The molecule has 35 heavy (non-hydrogen) atoms. The van der Waals surface area contributed by atoms with Gasteiger partial charge in [0.1, 0.15) is 5.82 Å². The van der Waals surface area contributed by atoms with E-state index in [1.165, 1.54) is 17.0 Å². The fourth-order valence-corrected chi connectivity index (χ4v) is 3.94. The highest BCUT2D eigenvalue weighted by molar-refractivity contribution is 6.04. The van der Waals surface area contributed by atoms with Gasteiger partial charge in [-0.15, -0.1) is 0 Å². The smallest absolute Gasteiger partial charge is 0.411 e. The first-order valence-corrected chi connectivity index (χ1v) is 11.4. The third-order valence-corrected chi connectivity index (χ3v) is 5.68. The van der Waals surface area contributed by atoms with Gasteiger partial charge in [-0.25, -0.2) is 9.18 Å². The average molecular weight is 476 g/mol. The van der Waals surface area contributed by atoms with Crippen molar-refractivity contribution in [1.82, 2.24) is 10.2 Å². The fraction of sp³-hybridized carbons (Fsp3) is 0.222. The van der Waals surface area contributed by atoms with Gasteiger partial charge in [-0.05, 0) is 53.9 Å². The van der Waals surface area contributed by atoms with Crippen molar-refractivity contribution in [2.24, 2.45) is 0 Å². The molecule has 0 spiro atoms. The second kappa shape index (κ2) is 10.8. The molecule has 7 nitrogen and oxygen atoms in total. The number of halogens is 1. The van der Waals surface area contributed by atoms with Crippen molar-refractivity contribution in [1.29, 1.82) is 0 Å². The summed E-state index contributed by atoms with van der Waals surface area (Å²) in [6.07, 6.45) is -0.792. The molecule has 180 valence electrons. The highest BCUT2D eigenvalue weighted by Gasteiger charge is 2.46. The number of carbonyl (C=O) groups excluding carboxylic acids is 3. The van der Waals surface area contributed by atoms with Crippen molar-refractivity contribution in [2.75, 3.05) is 11.9 Å². The minimum absolute atomic E-state index is 0.0876. The van der Waals surface area contributed by atoms with Gasteiger partial charge < -0.3 is 15.4 Å². The van der Waals surface area contributed by atoms with Gasteiger partial charge in [0.25, 0.3) is 5.91 Å². The zero-order valence-electron chi connectivity index (χ0n) is 19.2. The van der Waals surface area contributed by atoms with Crippen LogP contribution in [0.5, 0.6) is 0 Å². The highest BCUT2D eigenvalue weighted by Crippen LogP contribution is 2.35. The molecule has 1 aliphatic heterocycles. The van der Waals surface area contributed by atoms with Gasteiger partial charge in [0.05, 0.1) is 6.54 Å². The number of anilines is 1. The van der Waals surface area contributed by atoms with Gasteiger partial charge in [0, 0.05) is 17.8 Å². The Morgan fingerprint density at radius 3 is 2.46 bits per heavy atom. The molecule has 1 aliphatic rings. The number of ether oxygens (including phenoxy) is 1. The molecule has 3 aromatic carbocycles. The lowest BCUT2D eigenvalue weighted by Crippen LogP contribution is -2.46. The molecule has 3 amide bonds. The molecule has 0 saturated carbocycles. The van der Waals surface area contributed by atoms with Crippen LogP contribution >= 0.6 is 0 Å². The Morgan fingerprint density at radius 1 is 1.00 bits per heavy atom. The van der Waals surface area contributed by atoms with Gasteiger partial charge in [-0.3, -0.25) is 14.5 Å². The second-order valence-electron chi connectivity index (χ2n) is 8.24. The number of carbonyl (C=O) groups is 3. The lowest BCUT2D eigenvalue weighted by Gasteiger charge is -2.24. The summed E-state index contributed by atoms with van der Waals surface area (Å²) in [5.74, 6) is -1.01. The van der Waals surface area contributed by atoms with Gasteiger partial charge in [0.15, 0.2) is 12.1 Å². The first kappa shape index (κ1) is 23.9. The van der Waals surface area contributed by atoms with E-state index in [1.807, 2.05) is 13.0 Å². The Labute approximate surface area is 202 Å². The molecular weight excluding hydrogens is 449 g/mol. The first-order chi connectivity index (χ1) is 17.0. The molecule has 0 aromatic heterocycles. The number of hydrogen-bond donors (Lipinski definition) is 2. The van der Waals surface area contributed by atoms with Crippen molar-refractivity contribution >= 4 is 23.6 Å². The molecule has 1 heterocycles. The molecule has 2 N–H and O–H groups in total. The van der Waals surface area contributed by atoms with Crippen LogP contribution in [-0.2, 0) is 16.1 Å². The molecule has 3 aromatic rings. The zero-order chi connectivity index (χ0) is 24.8. The molecular formula is C27H26FN3O4. The topological polar surface area (TPSA) is 87.7 Å². The lowest BCUT2D eigenvalue weighted by atomic mass is 10.00. The summed E-state index contributed by atoms with van der Waals surface area (Å²) in [5, 5.41) is 5.68. The van der Waals surface area contributed by atoms with Crippen molar-refractivity contribution < 1.29 is 23.5 Å². The van der Waals surface area contributed by atoms with Crippen LogP contribution in [-0.4, -0.2) is 35.4 Å². The summed E-state index contributed by atoms with van der Waals surface area (Å²) in [5.41, 5.74) is 2.26. The standard InChI is InChI=1S/C27H26FN3O4/c1-2-15-29-26(33)23-24(35-27(34)31(23)17-18-11-13-21(28)14-12-18)20-9-6-10-22(16-20)30-25(32)19-7-4-3-5-8-19/h3-14,16,23-24H,2,15,17H2,1H3,(H,29,33)(H,30,32)/t23-,24-/m0/s1. The minimum Gasteiger partial charge on any atom is -0.438 e. The quantitative estimate of drug-likeness (QED) is 0.496. The summed E-state index contributed by atoms with van der Waals surface area (Å²) >= 11 is 0. The van der Waals surface area contributed by atoms with Crippen LogP contribution in [0.3, 0.4) is 0 Å². The largest absolute Gasteiger partial charge is 0.438 e. The van der Waals surface area contributed by atoms with E-state index in [0.29, 0.717) is 28.9 Å².